The summed E-state index contributed by atoms with van der Waals surface area (Å²) in [5.74, 6) is -3.89. The van der Waals surface area contributed by atoms with E-state index in [1.807, 2.05) is 11.9 Å². The molecular weight excluding hydrogens is 377 g/mol. The van der Waals surface area contributed by atoms with Crippen LogP contribution in [-0.4, -0.2) is 89.3 Å². The van der Waals surface area contributed by atoms with Crippen molar-refractivity contribution in [2.24, 2.45) is 11.8 Å². The minimum absolute atomic E-state index is 0.0329. The summed E-state index contributed by atoms with van der Waals surface area (Å²) >= 11 is 0. The highest BCUT2D eigenvalue weighted by Crippen LogP contribution is 2.44. The Hall–Kier alpha value is -2.32. The summed E-state index contributed by atoms with van der Waals surface area (Å²) in [5.41, 5.74) is 0.682. The zero-order valence-corrected chi connectivity index (χ0v) is 17.0. The minimum atomic E-state index is -1.22. The maximum atomic E-state index is 15.0. The molecule has 4 rings (SSSR count). The number of halogens is 1. The number of quaternary nitrogens is 1. The summed E-state index contributed by atoms with van der Waals surface area (Å²) < 4.78 is 15.1. The van der Waals surface area contributed by atoms with Crippen LogP contribution < -0.4 is 0 Å². The first-order valence-electron chi connectivity index (χ1n) is 10.0. The molecule has 8 heteroatoms. The van der Waals surface area contributed by atoms with Crippen LogP contribution >= 0.6 is 0 Å². The van der Waals surface area contributed by atoms with Gasteiger partial charge in [-0.1, -0.05) is 0 Å². The van der Waals surface area contributed by atoms with Gasteiger partial charge in [0.25, 0.3) is 0 Å². The molecule has 5 unspecified atom stereocenters. The number of carbonyl (C=O) groups excluding carboxylic acids is 2. The fraction of sp³-hybridized carbons (Fsp3) is 0.571. The molecular formula is C21H27FN3O4+. The second-order valence-electron chi connectivity index (χ2n) is 8.86. The zero-order valence-electron chi connectivity index (χ0n) is 17.0. The highest BCUT2D eigenvalue weighted by molar-refractivity contribution is 6.06. The van der Waals surface area contributed by atoms with Crippen molar-refractivity contribution in [3.8, 4) is 0 Å². The van der Waals surface area contributed by atoms with Gasteiger partial charge in [-0.2, -0.15) is 0 Å². The van der Waals surface area contributed by atoms with Crippen molar-refractivity contribution in [2.45, 2.75) is 25.4 Å². The van der Waals surface area contributed by atoms with E-state index < -0.39 is 35.5 Å². The van der Waals surface area contributed by atoms with Gasteiger partial charge in [0.2, 0.25) is 11.6 Å². The van der Waals surface area contributed by atoms with Gasteiger partial charge in [-0.05, 0) is 32.5 Å². The van der Waals surface area contributed by atoms with Gasteiger partial charge in [-0.25, -0.2) is 4.39 Å². The lowest BCUT2D eigenvalue weighted by molar-refractivity contribution is -0.874. The SMILES string of the molecule is CC1CN(C2=C3C(=O)C[N+]4(C)C=CC(C(=O)O)C(=O)C4C3CC=C2F)CCN1C. The molecule has 0 saturated carbocycles. The third kappa shape index (κ3) is 3.05. The summed E-state index contributed by atoms with van der Waals surface area (Å²) in [6.07, 6.45) is 4.72. The fourth-order valence-corrected chi connectivity index (χ4v) is 5.25. The Kier molecular flexibility index (Phi) is 4.74. The Morgan fingerprint density at radius 2 is 2.03 bits per heavy atom. The highest BCUT2D eigenvalue weighted by atomic mass is 19.1. The number of allylic oxidation sites excluding steroid dienone is 2. The molecule has 0 aromatic rings. The largest absolute Gasteiger partial charge is 0.480 e. The highest BCUT2D eigenvalue weighted by Gasteiger charge is 2.57. The number of nitrogens with zero attached hydrogens (tertiary/aromatic N) is 3. The Balaban J connectivity index is 1.79. The van der Waals surface area contributed by atoms with Crippen molar-refractivity contribution in [3.05, 3.63) is 35.4 Å². The molecule has 1 N–H and O–H groups in total. The van der Waals surface area contributed by atoms with Crippen molar-refractivity contribution in [1.82, 2.24) is 9.80 Å². The van der Waals surface area contributed by atoms with Crippen LogP contribution in [0.4, 0.5) is 4.39 Å². The number of carboxylic acids is 1. The molecule has 0 spiro atoms. The van der Waals surface area contributed by atoms with Crippen molar-refractivity contribution in [2.75, 3.05) is 40.3 Å². The molecule has 3 aliphatic heterocycles. The van der Waals surface area contributed by atoms with E-state index in [4.69, 9.17) is 0 Å². The van der Waals surface area contributed by atoms with Crippen molar-refractivity contribution < 1.29 is 28.4 Å². The number of carboxylic acid groups (broad SMARTS) is 1. The molecule has 0 bridgehead atoms. The molecule has 0 aromatic carbocycles. The first-order chi connectivity index (χ1) is 13.6. The predicted molar refractivity (Wildman–Crippen MR) is 103 cm³/mol. The number of piperazine rings is 1. The van der Waals surface area contributed by atoms with Crippen LogP contribution in [0.3, 0.4) is 0 Å². The third-order valence-electron chi connectivity index (χ3n) is 6.96. The van der Waals surface area contributed by atoms with E-state index in [2.05, 4.69) is 11.8 Å². The monoisotopic (exact) mass is 404 g/mol. The first-order valence-corrected chi connectivity index (χ1v) is 10.0. The number of hydrogen-bond donors (Lipinski definition) is 1. The van der Waals surface area contributed by atoms with E-state index in [1.54, 1.807) is 13.2 Å². The number of fused-ring (bicyclic) bond motifs is 3. The van der Waals surface area contributed by atoms with Crippen molar-refractivity contribution in [3.63, 3.8) is 0 Å². The van der Waals surface area contributed by atoms with Crippen molar-refractivity contribution >= 4 is 17.5 Å². The van der Waals surface area contributed by atoms with E-state index in [0.717, 1.165) is 6.54 Å². The number of Topliss-reactive ketones (excluding diaryl/α,β-unsaturated/α-hetero) is 2. The van der Waals surface area contributed by atoms with Gasteiger partial charge >= 0.3 is 5.97 Å². The molecule has 7 nitrogen and oxygen atoms in total. The Morgan fingerprint density at radius 3 is 2.69 bits per heavy atom. The molecule has 0 radical (unpaired) electrons. The summed E-state index contributed by atoms with van der Waals surface area (Å²) in [5, 5.41) is 9.44. The molecule has 4 aliphatic rings. The topological polar surface area (TPSA) is 77.9 Å². The van der Waals surface area contributed by atoms with Crippen LogP contribution in [0.5, 0.6) is 0 Å². The lowest BCUT2D eigenvalue weighted by Crippen LogP contribution is -2.66. The summed E-state index contributed by atoms with van der Waals surface area (Å²) in [4.78, 5) is 42.0. The molecule has 0 aromatic heterocycles. The summed E-state index contributed by atoms with van der Waals surface area (Å²) in [6.45, 7) is 4.04. The van der Waals surface area contributed by atoms with Gasteiger partial charge < -0.3 is 14.9 Å². The third-order valence-corrected chi connectivity index (χ3v) is 6.96. The Labute approximate surface area is 169 Å². The first kappa shape index (κ1) is 20.0. The lowest BCUT2D eigenvalue weighted by Gasteiger charge is -2.49. The standard InChI is InChI=1S/C21H26FN3O4/c1-12-10-24(8-7-23(12)2)18-15(22)5-4-13-17(18)16(26)11-25(3)9-6-14(21(28)29)20(27)19(13)25/h5-6,9,12-14,19H,4,7-8,10-11H2,1-3H3/p+1. The van der Waals surface area contributed by atoms with Gasteiger partial charge in [0.1, 0.15) is 18.3 Å². The van der Waals surface area contributed by atoms with Gasteiger partial charge in [-0.15, -0.1) is 0 Å². The molecule has 1 aliphatic carbocycles. The molecule has 2 fully saturated rings. The van der Waals surface area contributed by atoms with Gasteiger partial charge in [0.15, 0.2) is 6.04 Å². The van der Waals surface area contributed by atoms with Crippen LogP contribution in [-0.2, 0) is 14.4 Å². The Morgan fingerprint density at radius 1 is 1.31 bits per heavy atom. The van der Waals surface area contributed by atoms with E-state index in [9.17, 15) is 19.5 Å². The number of carbonyl (C=O) groups is 3. The normalized spacial score (nSPS) is 37.9. The van der Waals surface area contributed by atoms with Gasteiger partial charge in [-0.3, -0.25) is 18.9 Å². The van der Waals surface area contributed by atoms with Crippen LogP contribution in [0, 0.1) is 11.8 Å². The number of piperidine rings is 1. The number of ketones is 2. The minimum Gasteiger partial charge on any atom is -0.480 e. The second-order valence-corrected chi connectivity index (χ2v) is 8.86. The van der Waals surface area contributed by atoms with Crippen molar-refractivity contribution in [1.29, 1.82) is 0 Å². The van der Waals surface area contributed by atoms with Gasteiger partial charge in [0, 0.05) is 31.2 Å². The number of hydrogen-bond acceptors (Lipinski definition) is 5. The molecule has 3 heterocycles. The van der Waals surface area contributed by atoms with Crippen LogP contribution in [0.15, 0.2) is 35.4 Å². The number of aliphatic carboxylic acids is 1. The summed E-state index contributed by atoms with van der Waals surface area (Å²) in [6, 6.07) is -0.488. The van der Waals surface area contributed by atoms with Gasteiger partial charge in [0.05, 0.1) is 24.9 Å². The molecule has 2 saturated heterocycles. The number of rotatable bonds is 2. The van der Waals surface area contributed by atoms with E-state index in [-0.39, 0.29) is 29.3 Å². The Bertz CT molecular complexity index is 879. The quantitative estimate of drug-likeness (QED) is 0.545. The number of likely N-dealkylation sites (N-methyl/N-ethyl adjacent to an activating group) is 2. The van der Waals surface area contributed by atoms with Crippen LogP contribution in [0.1, 0.15) is 13.3 Å². The molecule has 5 atom stereocenters. The van der Waals surface area contributed by atoms with Crippen LogP contribution in [0.2, 0.25) is 0 Å². The molecule has 0 amide bonds. The maximum Gasteiger partial charge on any atom is 0.318 e. The zero-order chi connectivity index (χ0) is 21.1. The second kappa shape index (κ2) is 6.88. The van der Waals surface area contributed by atoms with E-state index in [1.165, 1.54) is 12.2 Å². The smallest absolute Gasteiger partial charge is 0.318 e. The average Bonchev–Trinajstić information content (AvgIpc) is 2.63. The van der Waals surface area contributed by atoms with E-state index in [0.29, 0.717) is 24.4 Å². The van der Waals surface area contributed by atoms with E-state index >= 15 is 4.39 Å². The van der Waals surface area contributed by atoms with Crippen LogP contribution in [0.25, 0.3) is 0 Å². The fourth-order valence-electron chi connectivity index (χ4n) is 5.25. The lowest BCUT2D eigenvalue weighted by atomic mass is 9.71. The maximum absolute atomic E-state index is 15.0. The molecule has 156 valence electrons. The predicted octanol–water partition coefficient (Wildman–Crippen LogP) is 0.945. The average molecular weight is 404 g/mol. The molecule has 29 heavy (non-hydrogen) atoms. The summed E-state index contributed by atoms with van der Waals surface area (Å²) in [7, 11) is 3.79.